The Bertz CT molecular complexity index is 335. The summed E-state index contributed by atoms with van der Waals surface area (Å²) in [6.45, 7) is 6.53. The number of rotatable bonds is 2. The molecular weight excluding hydrogens is 186 g/mol. The van der Waals surface area contributed by atoms with E-state index in [1.54, 1.807) is 0 Å². The Balaban J connectivity index is 2.18. The zero-order valence-corrected chi connectivity index (χ0v) is 9.48. The first-order valence-corrected chi connectivity index (χ1v) is 5.63. The van der Waals surface area contributed by atoms with E-state index in [0.29, 0.717) is 0 Å². The average Bonchev–Trinajstić information content (AvgIpc) is 2.65. The molecule has 0 amide bonds. The Labute approximate surface area is 91.3 Å². The molecule has 0 aliphatic carbocycles. The van der Waals surface area contributed by atoms with E-state index < -0.39 is 0 Å². The van der Waals surface area contributed by atoms with Crippen LogP contribution in [0.3, 0.4) is 0 Å². The van der Waals surface area contributed by atoms with Gasteiger partial charge in [0.25, 0.3) is 0 Å². The summed E-state index contributed by atoms with van der Waals surface area (Å²) in [7, 11) is 0. The van der Waals surface area contributed by atoms with Gasteiger partial charge in [-0.1, -0.05) is 6.92 Å². The summed E-state index contributed by atoms with van der Waals surface area (Å²) in [4.78, 5) is 6.75. The lowest BCUT2D eigenvalue weighted by Crippen LogP contribution is -2.20. The molecule has 2 heterocycles. The highest BCUT2D eigenvalue weighted by molar-refractivity contribution is 5.42. The number of hydrogen-bond acceptors (Lipinski definition) is 3. The normalized spacial score (nSPS) is 23.1. The molecule has 1 aliphatic rings. The SMILES string of the molecule is CC1CCN(c2cc([C@H](C)N)ccn2)C1. The minimum absolute atomic E-state index is 0.0896. The fraction of sp³-hybridized carbons (Fsp3) is 0.583. The summed E-state index contributed by atoms with van der Waals surface area (Å²) in [5, 5.41) is 0. The monoisotopic (exact) mass is 205 g/mol. The van der Waals surface area contributed by atoms with Crippen LogP contribution in [0.5, 0.6) is 0 Å². The van der Waals surface area contributed by atoms with Crippen molar-refractivity contribution in [2.75, 3.05) is 18.0 Å². The summed E-state index contributed by atoms with van der Waals surface area (Å²) in [5.74, 6) is 1.86. The van der Waals surface area contributed by atoms with E-state index in [1.807, 2.05) is 19.2 Å². The van der Waals surface area contributed by atoms with Crippen molar-refractivity contribution in [1.29, 1.82) is 0 Å². The number of aromatic nitrogens is 1. The number of hydrogen-bond donors (Lipinski definition) is 1. The Morgan fingerprint density at radius 3 is 3.00 bits per heavy atom. The van der Waals surface area contributed by atoms with Gasteiger partial charge in [-0.05, 0) is 37.0 Å². The minimum Gasteiger partial charge on any atom is -0.356 e. The summed E-state index contributed by atoms with van der Waals surface area (Å²) < 4.78 is 0. The lowest BCUT2D eigenvalue weighted by molar-refractivity contribution is 0.658. The van der Waals surface area contributed by atoms with Crippen LogP contribution >= 0.6 is 0 Å². The minimum atomic E-state index is 0.0896. The highest BCUT2D eigenvalue weighted by Gasteiger charge is 2.19. The molecule has 1 saturated heterocycles. The predicted molar refractivity (Wildman–Crippen MR) is 62.8 cm³/mol. The van der Waals surface area contributed by atoms with E-state index >= 15 is 0 Å². The number of nitrogens with zero attached hydrogens (tertiary/aromatic N) is 2. The second kappa shape index (κ2) is 4.19. The van der Waals surface area contributed by atoms with Gasteiger partial charge in [0, 0.05) is 25.3 Å². The third-order valence-corrected chi connectivity index (χ3v) is 3.04. The van der Waals surface area contributed by atoms with Gasteiger partial charge >= 0.3 is 0 Å². The van der Waals surface area contributed by atoms with E-state index in [1.165, 1.54) is 12.0 Å². The summed E-state index contributed by atoms with van der Waals surface area (Å²) in [5.41, 5.74) is 7.03. The zero-order valence-electron chi connectivity index (χ0n) is 9.48. The Kier molecular flexibility index (Phi) is 2.91. The van der Waals surface area contributed by atoms with Crippen LogP contribution < -0.4 is 10.6 Å². The molecule has 0 spiro atoms. The first-order chi connectivity index (χ1) is 7.16. The number of pyridine rings is 1. The van der Waals surface area contributed by atoms with Crippen molar-refractivity contribution in [2.45, 2.75) is 26.3 Å². The van der Waals surface area contributed by atoms with Crippen LogP contribution in [0, 0.1) is 5.92 Å². The molecule has 82 valence electrons. The molecule has 2 atom stereocenters. The van der Waals surface area contributed by atoms with Gasteiger partial charge in [0.05, 0.1) is 0 Å². The average molecular weight is 205 g/mol. The highest BCUT2D eigenvalue weighted by Crippen LogP contribution is 2.23. The van der Waals surface area contributed by atoms with Crippen molar-refractivity contribution in [3.05, 3.63) is 23.9 Å². The standard InChI is InChI=1S/C12H19N3/c1-9-4-6-15(8-9)12-7-11(10(2)13)3-5-14-12/h3,5,7,9-10H,4,6,8,13H2,1-2H3/t9?,10-/m0/s1. The van der Waals surface area contributed by atoms with Gasteiger partial charge in [-0.25, -0.2) is 4.98 Å². The molecule has 0 bridgehead atoms. The lowest BCUT2D eigenvalue weighted by atomic mass is 10.1. The number of anilines is 1. The van der Waals surface area contributed by atoms with Crippen LogP contribution in [0.1, 0.15) is 31.9 Å². The molecule has 2 N–H and O–H groups in total. The molecule has 1 aromatic rings. The molecule has 1 unspecified atom stereocenters. The summed E-state index contributed by atoms with van der Waals surface area (Å²) in [6.07, 6.45) is 3.13. The first-order valence-electron chi connectivity index (χ1n) is 5.63. The zero-order chi connectivity index (χ0) is 10.8. The van der Waals surface area contributed by atoms with Crippen LogP contribution in [-0.2, 0) is 0 Å². The van der Waals surface area contributed by atoms with Crippen LogP contribution in [0.4, 0.5) is 5.82 Å². The largest absolute Gasteiger partial charge is 0.356 e. The van der Waals surface area contributed by atoms with E-state index in [4.69, 9.17) is 5.73 Å². The van der Waals surface area contributed by atoms with E-state index in [0.717, 1.165) is 24.8 Å². The maximum Gasteiger partial charge on any atom is 0.128 e. The summed E-state index contributed by atoms with van der Waals surface area (Å²) in [6, 6.07) is 4.20. The van der Waals surface area contributed by atoms with Crippen LogP contribution in [0.2, 0.25) is 0 Å². The molecule has 1 aromatic heterocycles. The summed E-state index contributed by atoms with van der Waals surface area (Å²) >= 11 is 0. The molecule has 1 fully saturated rings. The maximum absolute atomic E-state index is 5.86. The molecule has 0 aromatic carbocycles. The second-order valence-corrected chi connectivity index (χ2v) is 4.58. The van der Waals surface area contributed by atoms with Crippen LogP contribution in [-0.4, -0.2) is 18.1 Å². The third kappa shape index (κ3) is 2.29. The highest BCUT2D eigenvalue weighted by atomic mass is 15.2. The van der Waals surface area contributed by atoms with Crippen molar-refractivity contribution >= 4 is 5.82 Å². The Morgan fingerprint density at radius 1 is 1.60 bits per heavy atom. The molecular formula is C12H19N3. The van der Waals surface area contributed by atoms with Crippen molar-refractivity contribution in [3.8, 4) is 0 Å². The fourth-order valence-electron chi connectivity index (χ4n) is 2.03. The van der Waals surface area contributed by atoms with Crippen LogP contribution in [0.15, 0.2) is 18.3 Å². The topological polar surface area (TPSA) is 42.1 Å². The van der Waals surface area contributed by atoms with Gasteiger partial charge in [-0.3, -0.25) is 0 Å². The lowest BCUT2D eigenvalue weighted by Gasteiger charge is -2.18. The second-order valence-electron chi connectivity index (χ2n) is 4.58. The van der Waals surface area contributed by atoms with Gasteiger partial charge in [-0.15, -0.1) is 0 Å². The van der Waals surface area contributed by atoms with Crippen LogP contribution in [0.25, 0.3) is 0 Å². The van der Waals surface area contributed by atoms with Gasteiger partial charge in [-0.2, -0.15) is 0 Å². The smallest absolute Gasteiger partial charge is 0.128 e. The van der Waals surface area contributed by atoms with Gasteiger partial charge in [0.2, 0.25) is 0 Å². The van der Waals surface area contributed by atoms with Crippen molar-refractivity contribution in [2.24, 2.45) is 11.7 Å². The molecule has 3 nitrogen and oxygen atoms in total. The molecule has 1 aliphatic heterocycles. The number of nitrogens with two attached hydrogens (primary N) is 1. The maximum atomic E-state index is 5.86. The molecule has 15 heavy (non-hydrogen) atoms. The fourth-order valence-corrected chi connectivity index (χ4v) is 2.03. The predicted octanol–water partition coefficient (Wildman–Crippen LogP) is 1.95. The first kappa shape index (κ1) is 10.4. The van der Waals surface area contributed by atoms with Gasteiger partial charge in [0.15, 0.2) is 0 Å². The van der Waals surface area contributed by atoms with Gasteiger partial charge < -0.3 is 10.6 Å². The van der Waals surface area contributed by atoms with E-state index in [9.17, 15) is 0 Å². The van der Waals surface area contributed by atoms with Crippen molar-refractivity contribution in [1.82, 2.24) is 4.98 Å². The van der Waals surface area contributed by atoms with Crippen molar-refractivity contribution in [3.63, 3.8) is 0 Å². The molecule has 3 heteroatoms. The van der Waals surface area contributed by atoms with Crippen molar-refractivity contribution < 1.29 is 0 Å². The molecule has 2 rings (SSSR count). The Morgan fingerprint density at radius 2 is 2.40 bits per heavy atom. The molecule has 0 radical (unpaired) electrons. The van der Waals surface area contributed by atoms with Gasteiger partial charge in [0.1, 0.15) is 5.82 Å². The van der Waals surface area contributed by atoms with E-state index in [2.05, 4.69) is 22.9 Å². The Hall–Kier alpha value is -1.09. The van der Waals surface area contributed by atoms with E-state index in [-0.39, 0.29) is 6.04 Å². The third-order valence-electron chi connectivity index (χ3n) is 3.04. The quantitative estimate of drug-likeness (QED) is 0.802. The molecule has 0 saturated carbocycles.